The SMILES string of the molecule is CCCOc1ccc(C(=O)NNC(=O)c2cc(C)c(CC)s2)cc1. The molecule has 0 bridgehead atoms. The molecule has 1 aromatic heterocycles. The summed E-state index contributed by atoms with van der Waals surface area (Å²) in [5.74, 6) is 0.0482. The van der Waals surface area contributed by atoms with E-state index >= 15 is 0 Å². The van der Waals surface area contributed by atoms with Crippen LogP contribution in [0.3, 0.4) is 0 Å². The van der Waals surface area contributed by atoms with Crippen LogP contribution < -0.4 is 15.6 Å². The van der Waals surface area contributed by atoms with Gasteiger partial charge in [-0.05, 0) is 55.7 Å². The summed E-state index contributed by atoms with van der Waals surface area (Å²) in [5.41, 5.74) is 6.44. The first-order chi connectivity index (χ1) is 11.5. The third-order valence-corrected chi connectivity index (χ3v) is 4.82. The van der Waals surface area contributed by atoms with Gasteiger partial charge >= 0.3 is 0 Å². The number of carbonyl (C=O) groups excluding carboxylic acids is 2. The van der Waals surface area contributed by atoms with E-state index in [2.05, 4.69) is 17.8 Å². The lowest BCUT2D eigenvalue weighted by molar-refractivity contribution is 0.0849. The molecule has 1 aromatic carbocycles. The molecule has 0 aliphatic heterocycles. The Balaban J connectivity index is 1.91. The predicted octanol–water partition coefficient (Wildman–Crippen LogP) is 3.48. The number of aryl methyl sites for hydroxylation is 2. The molecule has 5 nitrogen and oxygen atoms in total. The molecule has 0 unspecified atom stereocenters. The fourth-order valence-electron chi connectivity index (χ4n) is 2.15. The Labute approximate surface area is 146 Å². The first kappa shape index (κ1) is 18.0. The van der Waals surface area contributed by atoms with Crippen LogP contribution in [0.1, 0.15) is 50.7 Å². The maximum absolute atomic E-state index is 12.1. The lowest BCUT2D eigenvalue weighted by atomic mass is 10.2. The van der Waals surface area contributed by atoms with Gasteiger partial charge in [0, 0.05) is 10.4 Å². The van der Waals surface area contributed by atoms with Gasteiger partial charge in [-0.15, -0.1) is 11.3 Å². The predicted molar refractivity (Wildman–Crippen MR) is 95.6 cm³/mol. The lowest BCUT2D eigenvalue weighted by Gasteiger charge is -2.08. The molecule has 0 fully saturated rings. The van der Waals surface area contributed by atoms with Gasteiger partial charge in [0.15, 0.2) is 0 Å². The molecule has 2 aromatic rings. The quantitative estimate of drug-likeness (QED) is 0.787. The van der Waals surface area contributed by atoms with Gasteiger partial charge in [-0.1, -0.05) is 13.8 Å². The normalized spacial score (nSPS) is 10.3. The van der Waals surface area contributed by atoms with Crippen LogP contribution in [-0.4, -0.2) is 18.4 Å². The first-order valence-electron chi connectivity index (χ1n) is 7.98. The molecular formula is C18H22N2O3S. The molecule has 0 aliphatic carbocycles. The number of ether oxygens (including phenoxy) is 1. The first-order valence-corrected chi connectivity index (χ1v) is 8.79. The van der Waals surface area contributed by atoms with Crippen LogP contribution in [0.25, 0.3) is 0 Å². The zero-order chi connectivity index (χ0) is 17.5. The van der Waals surface area contributed by atoms with E-state index in [4.69, 9.17) is 4.74 Å². The van der Waals surface area contributed by atoms with E-state index in [1.165, 1.54) is 16.2 Å². The van der Waals surface area contributed by atoms with Crippen molar-refractivity contribution in [1.82, 2.24) is 10.9 Å². The van der Waals surface area contributed by atoms with Crippen LogP contribution in [0.2, 0.25) is 0 Å². The Kier molecular flexibility index (Phi) is 6.37. The molecule has 0 aliphatic rings. The number of hydrazine groups is 1. The van der Waals surface area contributed by atoms with Crippen LogP contribution >= 0.6 is 11.3 Å². The van der Waals surface area contributed by atoms with Gasteiger partial charge in [-0.3, -0.25) is 20.4 Å². The Morgan fingerprint density at radius 3 is 2.33 bits per heavy atom. The smallest absolute Gasteiger partial charge is 0.279 e. The fraction of sp³-hybridized carbons (Fsp3) is 0.333. The highest BCUT2D eigenvalue weighted by Gasteiger charge is 2.13. The third-order valence-electron chi connectivity index (χ3n) is 3.44. The molecule has 2 N–H and O–H groups in total. The van der Waals surface area contributed by atoms with Gasteiger partial charge in [0.1, 0.15) is 5.75 Å². The minimum atomic E-state index is -0.366. The average Bonchev–Trinajstić information content (AvgIpc) is 2.99. The maximum atomic E-state index is 12.1. The summed E-state index contributed by atoms with van der Waals surface area (Å²) < 4.78 is 5.47. The van der Waals surface area contributed by atoms with Crippen molar-refractivity contribution in [2.75, 3.05) is 6.61 Å². The highest BCUT2D eigenvalue weighted by molar-refractivity contribution is 7.14. The topological polar surface area (TPSA) is 67.4 Å². The molecule has 0 saturated carbocycles. The van der Waals surface area contributed by atoms with E-state index in [0.717, 1.165) is 24.2 Å². The summed E-state index contributed by atoms with van der Waals surface area (Å²) >= 11 is 1.44. The lowest BCUT2D eigenvalue weighted by Crippen LogP contribution is -2.41. The summed E-state index contributed by atoms with van der Waals surface area (Å²) in [6.07, 6.45) is 1.82. The Bertz CT molecular complexity index is 708. The molecule has 6 heteroatoms. The number of rotatable bonds is 6. The average molecular weight is 346 g/mol. The van der Waals surface area contributed by atoms with E-state index in [-0.39, 0.29) is 11.8 Å². The maximum Gasteiger partial charge on any atom is 0.279 e. The van der Waals surface area contributed by atoms with Crippen molar-refractivity contribution in [2.45, 2.75) is 33.6 Å². The van der Waals surface area contributed by atoms with E-state index < -0.39 is 0 Å². The zero-order valence-electron chi connectivity index (χ0n) is 14.1. The minimum absolute atomic E-state index is 0.306. The number of benzene rings is 1. The van der Waals surface area contributed by atoms with E-state index in [1.807, 2.05) is 19.9 Å². The van der Waals surface area contributed by atoms with Crippen molar-refractivity contribution in [3.05, 3.63) is 51.2 Å². The number of hydrogen-bond donors (Lipinski definition) is 2. The monoisotopic (exact) mass is 346 g/mol. The van der Waals surface area contributed by atoms with E-state index in [0.29, 0.717) is 17.0 Å². The van der Waals surface area contributed by atoms with Gasteiger partial charge in [0.2, 0.25) is 0 Å². The van der Waals surface area contributed by atoms with Crippen LogP contribution in [0.4, 0.5) is 0 Å². The molecule has 0 saturated heterocycles. The molecule has 1 heterocycles. The molecule has 0 spiro atoms. The molecule has 2 amide bonds. The Hall–Kier alpha value is -2.34. The minimum Gasteiger partial charge on any atom is -0.494 e. The third kappa shape index (κ3) is 4.58. The second-order valence-electron chi connectivity index (χ2n) is 5.35. The van der Waals surface area contributed by atoms with Crippen molar-refractivity contribution >= 4 is 23.2 Å². The van der Waals surface area contributed by atoms with E-state index in [1.54, 1.807) is 24.3 Å². The highest BCUT2D eigenvalue weighted by Crippen LogP contribution is 2.22. The second-order valence-corrected chi connectivity index (χ2v) is 6.49. The zero-order valence-corrected chi connectivity index (χ0v) is 15.0. The van der Waals surface area contributed by atoms with Gasteiger partial charge in [0.05, 0.1) is 11.5 Å². The second kappa shape index (κ2) is 8.49. The fourth-order valence-corrected chi connectivity index (χ4v) is 3.16. The number of hydrogen-bond acceptors (Lipinski definition) is 4. The van der Waals surface area contributed by atoms with Crippen LogP contribution in [0.15, 0.2) is 30.3 Å². The van der Waals surface area contributed by atoms with Gasteiger partial charge in [-0.25, -0.2) is 0 Å². The van der Waals surface area contributed by atoms with Crippen LogP contribution in [0, 0.1) is 6.92 Å². The highest BCUT2D eigenvalue weighted by atomic mass is 32.1. The Morgan fingerprint density at radius 2 is 1.75 bits per heavy atom. The van der Waals surface area contributed by atoms with Crippen molar-refractivity contribution < 1.29 is 14.3 Å². The van der Waals surface area contributed by atoms with Crippen molar-refractivity contribution in [2.24, 2.45) is 0 Å². The van der Waals surface area contributed by atoms with Crippen molar-refractivity contribution in [3.8, 4) is 5.75 Å². The van der Waals surface area contributed by atoms with Crippen LogP contribution in [-0.2, 0) is 6.42 Å². The largest absolute Gasteiger partial charge is 0.494 e. The summed E-state index contributed by atoms with van der Waals surface area (Å²) in [6.45, 7) is 6.70. The number of carbonyl (C=O) groups is 2. The van der Waals surface area contributed by atoms with Gasteiger partial charge in [0.25, 0.3) is 11.8 Å². The van der Waals surface area contributed by atoms with Crippen molar-refractivity contribution in [1.29, 1.82) is 0 Å². The Morgan fingerprint density at radius 1 is 1.08 bits per heavy atom. The van der Waals surface area contributed by atoms with Gasteiger partial charge in [-0.2, -0.15) is 0 Å². The molecule has 128 valence electrons. The molecule has 24 heavy (non-hydrogen) atoms. The molecule has 2 rings (SSSR count). The number of nitrogens with one attached hydrogen (secondary N) is 2. The summed E-state index contributed by atoms with van der Waals surface area (Å²) in [7, 11) is 0. The van der Waals surface area contributed by atoms with E-state index in [9.17, 15) is 9.59 Å². The summed E-state index contributed by atoms with van der Waals surface area (Å²) in [4.78, 5) is 25.9. The molecule has 0 radical (unpaired) electrons. The standard InChI is InChI=1S/C18H22N2O3S/c1-4-10-23-14-8-6-13(7-9-14)17(21)19-20-18(22)16-11-12(3)15(5-2)24-16/h6-9,11H,4-5,10H2,1-3H3,(H,19,21)(H,20,22). The molecule has 0 atom stereocenters. The number of amides is 2. The number of thiophene rings is 1. The van der Waals surface area contributed by atoms with Crippen molar-refractivity contribution in [3.63, 3.8) is 0 Å². The van der Waals surface area contributed by atoms with Gasteiger partial charge < -0.3 is 4.74 Å². The summed E-state index contributed by atoms with van der Waals surface area (Å²) in [6, 6.07) is 8.64. The summed E-state index contributed by atoms with van der Waals surface area (Å²) in [5, 5.41) is 0. The molecular weight excluding hydrogens is 324 g/mol. The van der Waals surface area contributed by atoms with Crippen LogP contribution in [0.5, 0.6) is 5.75 Å².